The third-order valence-electron chi connectivity index (χ3n) is 6.27. The molecule has 200 valence electrons. The molecule has 0 aliphatic carbocycles. The highest BCUT2D eigenvalue weighted by molar-refractivity contribution is 6.09. The average molecular weight is 544 g/mol. The van der Waals surface area contributed by atoms with Gasteiger partial charge in [-0.15, -0.1) is 0 Å². The molecule has 0 saturated heterocycles. The van der Waals surface area contributed by atoms with Gasteiger partial charge in [0, 0.05) is 29.4 Å². The first-order valence-electron chi connectivity index (χ1n) is 12.2. The summed E-state index contributed by atoms with van der Waals surface area (Å²) in [5.74, 6) is -1.13. The summed E-state index contributed by atoms with van der Waals surface area (Å²) in [4.78, 5) is 30.1. The van der Waals surface area contributed by atoms with E-state index in [0.29, 0.717) is 38.8 Å². The van der Waals surface area contributed by atoms with Gasteiger partial charge >= 0.3 is 6.18 Å². The van der Waals surface area contributed by atoms with Crippen molar-refractivity contribution in [1.29, 1.82) is 0 Å². The van der Waals surface area contributed by atoms with Crippen LogP contribution >= 0.6 is 0 Å². The molecule has 0 saturated carbocycles. The predicted molar refractivity (Wildman–Crippen MR) is 144 cm³/mol. The first-order chi connectivity index (χ1) is 19.2. The molecule has 40 heavy (non-hydrogen) atoms. The van der Waals surface area contributed by atoms with Gasteiger partial charge in [0.15, 0.2) is 0 Å². The van der Waals surface area contributed by atoms with Crippen LogP contribution in [-0.4, -0.2) is 16.8 Å². The van der Waals surface area contributed by atoms with E-state index in [0.717, 1.165) is 17.7 Å². The van der Waals surface area contributed by atoms with E-state index in [1.807, 2.05) is 0 Å². The van der Waals surface area contributed by atoms with Gasteiger partial charge in [0.25, 0.3) is 11.8 Å². The molecule has 0 atom stereocenters. The molecular formula is C31H21F4N3O2. The van der Waals surface area contributed by atoms with Crippen LogP contribution in [0.3, 0.4) is 0 Å². The molecule has 2 amide bonds. The van der Waals surface area contributed by atoms with Crippen LogP contribution in [0.1, 0.15) is 31.8 Å². The third kappa shape index (κ3) is 5.99. The van der Waals surface area contributed by atoms with Gasteiger partial charge in [-0.1, -0.05) is 48.5 Å². The largest absolute Gasteiger partial charge is 0.416 e. The number of rotatable bonds is 6. The number of hydrogen-bond acceptors (Lipinski definition) is 3. The van der Waals surface area contributed by atoms with Gasteiger partial charge in [-0.25, -0.2) is 4.39 Å². The Labute approximate surface area is 226 Å². The Morgan fingerprint density at radius 3 is 2.25 bits per heavy atom. The van der Waals surface area contributed by atoms with Gasteiger partial charge in [-0.05, 0) is 65.2 Å². The van der Waals surface area contributed by atoms with Crippen molar-refractivity contribution >= 4 is 28.4 Å². The van der Waals surface area contributed by atoms with Crippen molar-refractivity contribution in [2.45, 2.75) is 12.7 Å². The number of carbonyl (C=O) groups excluding carboxylic acids is 2. The minimum absolute atomic E-state index is 0.232. The highest BCUT2D eigenvalue weighted by Crippen LogP contribution is 2.32. The van der Waals surface area contributed by atoms with Crippen LogP contribution < -0.4 is 10.6 Å². The summed E-state index contributed by atoms with van der Waals surface area (Å²) in [6, 6.07) is 23.8. The molecule has 0 fully saturated rings. The maximum Gasteiger partial charge on any atom is 0.416 e. The molecule has 0 bridgehead atoms. The summed E-state index contributed by atoms with van der Waals surface area (Å²) in [6.45, 7) is 0.232. The lowest BCUT2D eigenvalue weighted by Crippen LogP contribution is -2.22. The number of carbonyl (C=O) groups is 2. The summed E-state index contributed by atoms with van der Waals surface area (Å²) < 4.78 is 51.9. The SMILES string of the molecule is O=C(NCc1ccc(F)cc1)c1cnc2cc(NC(=O)c3ccccc3-c3ccc(C(F)(F)F)cc3)ccc2c1. The number of fused-ring (bicyclic) bond motifs is 1. The fraction of sp³-hybridized carbons (Fsp3) is 0.0645. The number of anilines is 1. The van der Waals surface area contributed by atoms with Crippen LogP contribution in [0.15, 0.2) is 103 Å². The molecule has 1 aromatic heterocycles. The molecule has 5 rings (SSSR count). The summed E-state index contributed by atoms with van der Waals surface area (Å²) >= 11 is 0. The third-order valence-corrected chi connectivity index (χ3v) is 6.27. The number of nitrogens with zero attached hydrogens (tertiary/aromatic N) is 1. The number of aromatic nitrogens is 1. The topological polar surface area (TPSA) is 71.1 Å². The van der Waals surface area contributed by atoms with Gasteiger partial charge in [-0.3, -0.25) is 14.6 Å². The molecule has 9 heteroatoms. The summed E-state index contributed by atoms with van der Waals surface area (Å²) in [7, 11) is 0. The maximum atomic E-state index is 13.1. The predicted octanol–water partition coefficient (Wildman–Crippen LogP) is 7.24. The molecule has 4 aromatic carbocycles. The number of hydrogen-bond donors (Lipinski definition) is 2. The molecule has 0 spiro atoms. The normalized spacial score (nSPS) is 11.3. The second-order valence-electron chi connectivity index (χ2n) is 9.02. The Kier molecular flexibility index (Phi) is 7.29. The molecule has 5 aromatic rings. The Bertz CT molecular complexity index is 1700. The maximum absolute atomic E-state index is 13.1. The standard InChI is InChI=1S/C31H21F4N3O2/c32-24-12-5-19(6-13-24)17-37-29(39)22-15-21-9-14-25(16-28(21)36-18-22)38-30(40)27-4-2-1-3-26(27)20-7-10-23(11-8-20)31(33,34)35/h1-16,18H,17H2,(H,37,39)(H,38,40). The first kappa shape index (κ1) is 26.6. The van der Waals surface area contributed by atoms with E-state index < -0.39 is 17.6 Å². The minimum atomic E-state index is -4.45. The second kappa shape index (κ2) is 11.0. The van der Waals surface area contributed by atoms with Crippen LogP contribution in [0.4, 0.5) is 23.2 Å². The Balaban J connectivity index is 1.30. The van der Waals surface area contributed by atoms with Crippen molar-refractivity contribution in [2.75, 3.05) is 5.32 Å². The average Bonchev–Trinajstić information content (AvgIpc) is 2.96. The number of benzene rings is 4. The molecule has 0 radical (unpaired) electrons. The quantitative estimate of drug-likeness (QED) is 0.222. The van der Waals surface area contributed by atoms with Gasteiger partial charge in [-0.2, -0.15) is 13.2 Å². The Morgan fingerprint density at radius 2 is 1.52 bits per heavy atom. The number of halogens is 4. The highest BCUT2D eigenvalue weighted by atomic mass is 19.4. The molecular weight excluding hydrogens is 522 g/mol. The summed E-state index contributed by atoms with van der Waals surface area (Å²) in [5.41, 5.74) is 2.59. The molecule has 1 heterocycles. The smallest absolute Gasteiger partial charge is 0.348 e. The van der Waals surface area contributed by atoms with Crippen LogP contribution in [0.2, 0.25) is 0 Å². The van der Waals surface area contributed by atoms with Gasteiger partial charge in [0.05, 0.1) is 16.6 Å². The molecule has 0 aliphatic heterocycles. The van der Waals surface area contributed by atoms with E-state index in [9.17, 15) is 27.2 Å². The molecule has 2 N–H and O–H groups in total. The number of nitrogens with one attached hydrogen (secondary N) is 2. The van der Waals surface area contributed by atoms with Gasteiger partial charge in [0.2, 0.25) is 0 Å². The van der Waals surface area contributed by atoms with E-state index in [-0.39, 0.29) is 18.3 Å². The fourth-order valence-electron chi connectivity index (χ4n) is 4.18. The minimum Gasteiger partial charge on any atom is -0.348 e. The first-order valence-corrected chi connectivity index (χ1v) is 12.2. The summed E-state index contributed by atoms with van der Waals surface area (Å²) in [6.07, 6.45) is -3.03. The van der Waals surface area contributed by atoms with E-state index in [4.69, 9.17) is 0 Å². The van der Waals surface area contributed by atoms with Crippen molar-refractivity contribution in [2.24, 2.45) is 0 Å². The van der Waals surface area contributed by atoms with Crippen LogP contribution in [-0.2, 0) is 12.7 Å². The van der Waals surface area contributed by atoms with Gasteiger partial charge in [0.1, 0.15) is 5.82 Å². The monoisotopic (exact) mass is 543 g/mol. The zero-order valence-electron chi connectivity index (χ0n) is 20.8. The fourth-order valence-corrected chi connectivity index (χ4v) is 4.18. The van der Waals surface area contributed by atoms with Crippen molar-refractivity contribution < 1.29 is 27.2 Å². The lowest BCUT2D eigenvalue weighted by Gasteiger charge is -2.12. The Hall–Kier alpha value is -5.05. The molecule has 0 unspecified atom stereocenters. The van der Waals surface area contributed by atoms with Crippen LogP contribution in [0.5, 0.6) is 0 Å². The number of alkyl halides is 3. The lowest BCUT2D eigenvalue weighted by atomic mass is 9.98. The van der Waals surface area contributed by atoms with E-state index in [1.165, 1.54) is 30.5 Å². The van der Waals surface area contributed by atoms with E-state index in [2.05, 4.69) is 15.6 Å². The zero-order chi connectivity index (χ0) is 28.3. The van der Waals surface area contributed by atoms with E-state index in [1.54, 1.807) is 60.7 Å². The van der Waals surface area contributed by atoms with E-state index >= 15 is 0 Å². The molecule has 0 aliphatic rings. The lowest BCUT2D eigenvalue weighted by molar-refractivity contribution is -0.137. The zero-order valence-corrected chi connectivity index (χ0v) is 20.8. The van der Waals surface area contributed by atoms with Crippen molar-refractivity contribution in [1.82, 2.24) is 10.3 Å². The van der Waals surface area contributed by atoms with Crippen molar-refractivity contribution in [3.8, 4) is 11.1 Å². The number of pyridine rings is 1. The van der Waals surface area contributed by atoms with Crippen LogP contribution in [0, 0.1) is 5.82 Å². The van der Waals surface area contributed by atoms with Crippen molar-refractivity contribution in [3.05, 3.63) is 131 Å². The number of amides is 2. The molecule has 5 nitrogen and oxygen atoms in total. The van der Waals surface area contributed by atoms with Crippen molar-refractivity contribution in [3.63, 3.8) is 0 Å². The second-order valence-corrected chi connectivity index (χ2v) is 9.02. The van der Waals surface area contributed by atoms with Gasteiger partial charge < -0.3 is 10.6 Å². The highest BCUT2D eigenvalue weighted by Gasteiger charge is 2.30. The van der Waals surface area contributed by atoms with Crippen LogP contribution in [0.25, 0.3) is 22.0 Å². The summed E-state index contributed by atoms with van der Waals surface area (Å²) in [5, 5.41) is 6.26. The Morgan fingerprint density at radius 1 is 0.800 bits per heavy atom.